The number of nitrogens with one attached hydrogen (secondary N) is 1. The Hall–Kier alpha value is -4.79. The van der Waals surface area contributed by atoms with E-state index in [1.807, 2.05) is 30.3 Å². The molecule has 0 saturated heterocycles. The molecule has 9 nitrogen and oxygen atoms in total. The molecule has 0 radical (unpaired) electrons. The van der Waals surface area contributed by atoms with Crippen LogP contribution in [0.2, 0.25) is 0 Å². The highest BCUT2D eigenvalue weighted by Gasteiger charge is 2.18. The van der Waals surface area contributed by atoms with E-state index in [-0.39, 0.29) is 11.4 Å². The minimum atomic E-state index is -0.443. The maximum atomic E-state index is 13.0. The van der Waals surface area contributed by atoms with Crippen LogP contribution in [-0.4, -0.2) is 39.3 Å². The van der Waals surface area contributed by atoms with Crippen molar-refractivity contribution >= 4 is 29.3 Å². The summed E-state index contributed by atoms with van der Waals surface area (Å²) in [4.78, 5) is 40.5. The van der Waals surface area contributed by atoms with E-state index in [0.717, 1.165) is 11.1 Å². The molecule has 3 N–H and O–H groups in total. The molecule has 0 spiro atoms. The van der Waals surface area contributed by atoms with Gasteiger partial charge in [0.25, 0.3) is 5.91 Å². The van der Waals surface area contributed by atoms with Crippen molar-refractivity contribution in [2.24, 2.45) is 12.0 Å². The SMILES string of the molecule is CN=C(C(=O)Nc1cccc(C=O)c1)c1cc(-c2ccc(-n3c(C)nn(C)c3=O)cc2)ccc1N. The summed E-state index contributed by atoms with van der Waals surface area (Å²) in [5.41, 5.74) is 10.4. The molecule has 1 amide bonds. The Morgan fingerprint density at radius 2 is 1.77 bits per heavy atom. The predicted octanol–water partition coefficient (Wildman–Crippen LogP) is 3.00. The number of nitrogens with two attached hydrogens (primary N) is 1. The Labute approximate surface area is 201 Å². The van der Waals surface area contributed by atoms with Crippen molar-refractivity contribution in [3.05, 3.63) is 94.2 Å². The maximum Gasteiger partial charge on any atom is 0.350 e. The van der Waals surface area contributed by atoms with Crippen LogP contribution in [0, 0.1) is 6.92 Å². The van der Waals surface area contributed by atoms with Gasteiger partial charge in [-0.15, -0.1) is 0 Å². The molecule has 9 heteroatoms. The van der Waals surface area contributed by atoms with Gasteiger partial charge in [-0.3, -0.25) is 14.6 Å². The number of aryl methyl sites for hydroxylation is 2. The third-order valence-corrected chi connectivity index (χ3v) is 5.57. The Bertz CT molecular complexity index is 1510. The van der Waals surface area contributed by atoms with Gasteiger partial charge in [-0.2, -0.15) is 5.10 Å². The highest BCUT2D eigenvalue weighted by atomic mass is 16.2. The third-order valence-electron chi connectivity index (χ3n) is 5.57. The molecule has 0 fully saturated rings. The van der Waals surface area contributed by atoms with Gasteiger partial charge in [-0.25, -0.2) is 14.0 Å². The second-order valence-corrected chi connectivity index (χ2v) is 7.91. The topological polar surface area (TPSA) is 124 Å². The molecule has 176 valence electrons. The summed E-state index contributed by atoms with van der Waals surface area (Å²) in [5, 5.41) is 6.93. The Kier molecular flexibility index (Phi) is 6.41. The van der Waals surface area contributed by atoms with E-state index in [4.69, 9.17) is 5.73 Å². The number of hydrogen-bond donors (Lipinski definition) is 2. The number of rotatable bonds is 6. The summed E-state index contributed by atoms with van der Waals surface area (Å²) in [5.74, 6) is 0.148. The second-order valence-electron chi connectivity index (χ2n) is 7.91. The number of aliphatic imine (C=N–C) groups is 1. The van der Waals surface area contributed by atoms with Crippen molar-refractivity contribution < 1.29 is 9.59 Å². The van der Waals surface area contributed by atoms with Crippen LogP contribution >= 0.6 is 0 Å². The quantitative estimate of drug-likeness (QED) is 0.256. The molecule has 3 aromatic carbocycles. The first-order valence-electron chi connectivity index (χ1n) is 10.8. The van der Waals surface area contributed by atoms with Crippen molar-refractivity contribution in [2.75, 3.05) is 18.1 Å². The van der Waals surface area contributed by atoms with Gasteiger partial charge in [0.15, 0.2) is 0 Å². The fraction of sp³-hybridized carbons (Fsp3) is 0.115. The zero-order valence-electron chi connectivity index (χ0n) is 19.5. The highest BCUT2D eigenvalue weighted by molar-refractivity contribution is 6.49. The molecule has 0 atom stereocenters. The average Bonchev–Trinajstić information content (AvgIpc) is 3.11. The molecule has 0 saturated carbocycles. The van der Waals surface area contributed by atoms with Crippen LogP contribution < -0.4 is 16.7 Å². The number of aromatic nitrogens is 3. The molecule has 0 aliphatic carbocycles. The lowest BCUT2D eigenvalue weighted by molar-refractivity contribution is -0.110. The molecule has 35 heavy (non-hydrogen) atoms. The normalized spacial score (nSPS) is 11.3. The molecule has 0 aliphatic heterocycles. The van der Waals surface area contributed by atoms with Crippen molar-refractivity contribution in [1.29, 1.82) is 0 Å². The molecule has 0 unspecified atom stereocenters. The molecular formula is C26H24N6O3. The minimum absolute atomic E-state index is 0.162. The van der Waals surface area contributed by atoms with Gasteiger partial charge < -0.3 is 11.1 Å². The summed E-state index contributed by atoms with van der Waals surface area (Å²) >= 11 is 0. The fourth-order valence-corrected chi connectivity index (χ4v) is 3.85. The van der Waals surface area contributed by atoms with E-state index in [1.54, 1.807) is 50.4 Å². The summed E-state index contributed by atoms with van der Waals surface area (Å²) in [6, 6.07) is 19.4. The van der Waals surface area contributed by atoms with Crippen LogP contribution in [0.5, 0.6) is 0 Å². The monoisotopic (exact) mass is 468 g/mol. The molecule has 4 aromatic rings. The van der Waals surface area contributed by atoms with Gasteiger partial charge in [-0.05, 0) is 54.4 Å². The number of carbonyl (C=O) groups excluding carboxylic acids is 2. The second kappa shape index (κ2) is 9.60. The van der Waals surface area contributed by atoms with Gasteiger partial charge in [0, 0.05) is 36.6 Å². The largest absolute Gasteiger partial charge is 0.398 e. The molecule has 0 aliphatic rings. The predicted molar refractivity (Wildman–Crippen MR) is 136 cm³/mol. The van der Waals surface area contributed by atoms with E-state index in [1.165, 1.54) is 16.3 Å². The van der Waals surface area contributed by atoms with Crippen molar-refractivity contribution in [2.45, 2.75) is 6.92 Å². The van der Waals surface area contributed by atoms with E-state index < -0.39 is 5.91 Å². The number of carbonyl (C=O) groups is 2. The minimum Gasteiger partial charge on any atom is -0.398 e. The zero-order valence-corrected chi connectivity index (χ0v) is 19.5. The van der Waals surface area contributed by atoms with Crippen LogP contribution in [0.1, 0.15) is 21.7 Å². The van der Waals surface area contributed by atoms with Crippen molar-refractivity contribution in [3.8, 4) is 16.8 Å². The molecule has 4 rings (SSSR count). The summed E-state index contributed by atoms with van der Waals surface area (Å²) in [6.45, 7) is 1.77. The lowest BCUT2D eigenvalue weighted by atomic mass is 9.98. The first kappa shape index (κ1) is 23.4. The molecule has 0 bridgehead atoms. The molecule has 1 aromatic heterocycles. The third kappa shape index (κ3) is 4.65. The zero-order chi connectivity index (χ0) is 25.1. The van der Waals surface area contributed by atoms with Crippen LogP contribution in [0.25, 0.3) is 16.8 Å². The summed E-state index contributed by atoms with van der Waals surface area (Å²) in [6.07, 6.45) is 0.712. The van der Waals surface area contributed by atoms with Crippen molar-refractivity contribution in [3.63, 3.8) is 0 Å². The average molecular weight is 469 g/mol. The number of benzene rings is 3. The van der Waals surface area contributed by atoms with Gasteiger partial charge in [0.1, 0.15) is 17.8 Å². The smallest absolute Gasteiger partial charge is 0.350 e. The first-order chi connectivity index (χ1) is 16.8. The number of aldehydes is 1. The van der Waals surface area contributed by atoms with E-state index >= 15 is 0 Å². The van der Waals surface area contributed by atoms with Gasteiger partial charge in [0.05, 0.1) is 5.69 Å². The van der Waals surface area contributed by atoms with Crippen molar-refractivity contribution in [1.82, 2.24) is 14.3 Å². The number of amides is 1. The molecule has 1 heterocycles. The fourth-order valence-electron chi connectivity index (χ4n) is 3.85. The van der Waals surface area contributed by atoms with Crippen LogP contribution in [0.15, 0.2) is 76.5 Å². The van der Waals surface area contributed by atoms with Gasteiger partial charge in [0.2, 0.25) is 0 Å². The van der Waals surface area contributed by atoms with Crippen LogP contribution in [0.4, 0.5) is 11.4 Å². The van der Waals surface area contributed by atoms with Crippen LogP contribution in [0.3, 0.4) is 0 Å². The van der Waals surface area contributed by atoms with E-state index in [2.05, 4.69) is 15.4 Å². The highest BCUT2D eigenvalue weighted by Crippen LogP contribution is 2.26. The lowest BCUT2D eigenvalue weighted by Gasteiger charge is -2.13. The first-order valence-corrected chi connectivity index (χ1v) is 10.8. The van der Waals surface area contributed by atoms with Gasteiger partial charge in [-0.1, -0.05) is 30.3 Å². The number of nitrogens with zero attached hydrogens (tertiary/aromatic N) is 4. The lowest BCUT2D eigenvalue weighted by Crippen LogP contribution is -2.25. The summed E-state index contributed by atoms with van der Waals surface area (Å²) in [7, 11) is 3.13. The standard InChI is InChI=1S/C26H24N6O3/c1-16-30-31(3)26(35)32(16)21-10-7-18(8-11-21)19-9-12-23(27)22(14-19)24(28-2)25(34)29-20-6-4-5-17(13-20)15-33/h4-15H,27H2,1-3H3,(H,29,34). The van der Waals surface area contributed by atoms with Gasteiger partial charge >= 0.3 is 5.69 Å². The molecular weight excluding hydrogens is 444 g/mol. The summed E-state index contributed by atoms with van der Waals surface area (Å²) < 4.78 is 2.82. The number of nitrogen functional groups attached to an aromatic ring is 1. The maximum absolute atomic E-state index is 13.0. The Morgan fingerprint density at radius 3 is 2.40 bits per heavy atom. The Morgan fingerprint density at radius 1 is 1.06 bits per heavy atom. The number of anilines is 2. The Balaban J connectivity index is 1.64. The van der Waals surface area contributed by atoms with E-state index in [9.17, 15) is 14.4 Å². The number of hydrogen-bond acceptors (Lipinski definition) is 6. The van der Waals surface area contributed by atoms with Crippen LogP contribution in [-0.2, 0) is 11.8 Å². The van der Waals surface area contributed by atoms with E-state index in [0.29, 0.717) is 40.3 Å².